The number of nitrogens with one attached hydrogen (secondary N) is 2. The molecule has 0 fully saturated rings. The number of nitrogen functional groups attached to an aromatic ring is 1. The third-order valence-electron chi connectivity index (χ3n) is 2.23. The van der Waals surface area contributed by atoms with E-state index in [-0.39, 0.29) is 19.1 Å². The highest BCUT2D eigenvalue weighted by molar-refractivity contribution is 5.47. The van der Waals surface area contributed by atoms with Gasteiger partial charge in [0.2, 0.25) is 0 Å². The molecule has 4 N–H and O–H groups in total. The van der Waals surface area contributed by atoms with Crippen LogP contribution in [0.5, 0.6) is 0 Å². The molecule has 0 aliphatic carbocycles. The lowest BCUT2D eigenvalue weighted by Gasteiger charge is -2.12. The summed E-state index contributed by atoms with van der Waals surface area (Å²) in [7, 11) is 0. The van der Waals surface area contributed by atoms with Gasteiger partial charge in [-0.1, -0.05) is 13.8 Å². The highest BCUT2D eigenvalue weighted by atomic mass is 19.4. The van der Waals surface area contributed by atoms with E-state index in [0.29, 0.717) is 17.5 Å². The monoisotopic (exact) mass is 293 g/mol. The zero-order valence-corrected chi connectivity index (χ0v) is 11.3. The van der Waals surface area contributed by atoms with Crippen molar-refractivity contribution in [1.82, 2.24) is 9.97 Å². The quantitative estimate of drug-likeness (QED) is 0.404. The number of alkyl halides is 3. The second-order valence-electron chi connectivity index (χ2n) is 4.39. The normalized spacial score (nSPS) is 11.8. The summed E-state index contributed by atoms with van der Waals surface area (Å²) in [6.45, 7) is 2.71. The Kier molecular flexibility index (Phi) is 5.96. The van der Waals surface area contributed by atoms with Gasteiger partial charge in [-0.05, 0) is 0 Å². The first-order valence-corrected chi connectivity index (χ1v) is 6.06. The van der Waals surface area contributed by atoms with Crippen LogP contribution in [-0.2, 0) is 4.74 Å². The van der Waals surface area contributed by atoms with Crippen molar-refractivity contribution in [3.05, 3.63) is 11.9 Å². The lowest BCUT2D eigenvalue weighted by atomic mass is 10.2. The van der Waals surface area contributed by atoms with Crippen molar-refractivity contribution in [3.63, 3.8) is 0 Å². The van der Waals surface area contributed by atoms with Gasteiger partial charge in [-0.15, -0.1) is 0 Å². The van der Waals surface area contributed by atoms with Crippen molar-refractivity contribution in [2.24, 2.45) is 5.84 Å². The second-order valence-corrected chi connectivity index (χ2v) is 4.39. The van der Waals surface area contributed by atoms with E-state index in [4.69, 9.17) is 5.84 Å². The minimum Gasteiger partial charge on any atom is -0.370 e. The molecule has 0 atom stereocenters. The molecule has 1 aromatic rings. The summed E-state index contributed by atoms with van der Waals surface area (Å²) in [5, 5.41) is 2.86. The topological polar surface area (TPSA) is 85.1 Å². The maximum atomic E-state index is 11.9. The van der Waals surface area contributed by atoms with Crippen LogP contribution in [0.25, 0.3) is 0 Å². The molecule has 6 nitrogen and oxygen atoms in total. The predicted octanol–water partition coefficient (Wildman–Crippen LogP) is 1.88. The molecule has 1 heterocycles. The van der Waals surface area contributed by atoms with Crippen LogP contribution < -0.4 is 16.6 Å². The number of nitrogens with two attached hydrogens (primary N) is 1. The number of rotatable bonds is 7. The van der Waals surface area contributed by atoms with E-state index in [1.54, 1.807) is 6.07 Å². The Hall–Kier alpha value is -1.61. The average Bonchev–Trinajstić information content (AvgIpc) is 2.36. The summed E-state index contributed by atoms with van der Waals surface area (Å²) in [5.41, 5.74) is 2.41. The number of hydrazine groups is 1. The van der Waals surface area contributed by atoms with Crippen molar-refractivity contribution in [2.45, 2.75) is 25.9 Å². The number of hydrogen-bond donors (Lipinski definition) is 3. The van der Waals surface area contributed by atoms with Gasteiger partial charge >= 0.3 is 6.18 Å². The van der Waals surface area contributed by atoms with E-state index in [0.717, 1.165) is 0 Å². The first-order valence-electron chi connectivity index (χ1n) is 6.06. The first kappa shape index (κ1) is 16.4. The standard InChI is InChI=1S/C11H18F3N5O/c1-7(2)10-17-8(5-9(18-10)19-15)16-3-4-20-6-11(12,13)14/h5,7H,3-4,6,15H2,1-2H3,(H2,16,17,18,19). The van der Waals surface area contributed by atoms with Crippen LogP contribution in [0.1, 0.15) is 25.6 Å². The minimum absolute atomic E-state index is 0.0775. The van der Waals surface area contributed by atoms with Crippen LogP contribution in [0, 0.1) is 0 Å². The number of anilines is 2. The largest absolute Gasteiger partial charge is 0.411 e. The maximum Gasteiger partial charge on any atom is 0.411 e. The molecule has 9 heteroatoms. The molecule has 0 saturated heterocycles. The van der Waals surface area contributed by atoms with Gasteiger partial charge in [-0.25, -0.2) is 15.8 Å². The Labute approximate surface area is 114 Å². The van der Waals surface area contributed by atoms with Crippen LogP contribution >= 0.6 is 0 Å². The summed E-state index contributed by atoms with van der Waals surface area (Å²) in [6.07, 6.45) is -4.31. The van der Waals surface area contributed by atoms with Crippen LogP contribution in [-0.4, -0.2) is 35.9 Å². The Bertz CT molecular complexity index is 425. The molecule has 1 rings (SSSR count). The summed E-state index contributed by atoms with van der Waals surface area (Å²) in [6, 6.07) is 1.57. The number of hydrogen-bond acceptors (Lipinski definition) is 6. The zero-order valence-electron chi connectivity index (χ0n) is 11.3. The average molecular weight is 293 g/mol. The van der Waals surface area contributed by atoms with Gasteiger partial charge in [0.25, 0.3) is 0 Å². The lowest BCUT2D eigenvalue weighted by molar-refractivity contribution is -0.172. The van der Waals surface area contributed by atoms with Crippen LogP contribution in [0.15, 0.2) is 6.07 Å². The van der Waals surface area contributed by atoms with E-state index in [1.165, 1.54) is 0 Å². The molecule has 0 amide bonds. The van der Waals surface area contributed by atoms with Crippen molar-refractivity contribution in [2.75, 3.05) is 30.5 Å². The molecule has 20 heavy (non-hydrogen) atoms. The van der Waals surface area contributed by atoms with E-state index in [9.17, 15) is 13.2 Å². The third-order valence-corrected chi connectivity index (χ3v) is 2.23. The maximum absolute atomic E-state index is 11.9. The molecule has 114 valence electrons. The number of ether oxygens (including phenoxy) is 1. The number of halogens is 3. The Morgan fingerprint density at radius 3 is 2.50 bits per heavy atom. The van der Waals surface area contributed by atoms with E-state index in [1.807, 2.05) is 13.8 Å². The summed E-state index contributed by atoms with van der Waals surface area (Å²) < 4.78 is 40.1. The van der Waals surface area contributed by atoms with Gasteiger partial charge in [-0.3, -0.25) is 0 Å². The van der Waals surface area contributed by atoms with Gasteiger partial charge in [0, 0.05) is 18.5 Å². The van der Waals surface area contributed by atoms with E-state index >= 15 is 0 Å². The summed E-state index contributed by atoms with van der Waals surface area (Å²) in [5.74, 6) is 6.89. The first-order chi connectivity index (χ1) is 9.31. The van der Waals surface area contributed by atoms with Gasteiger partial charge in [0.15, 0.2) is 0 Å². The molecular formula is C11H18F3N5O. The van der Waals surface area contributed by atoms with Crippen molar-refractivity contribution < 1.29 is 17.9 Å². The molecule has 0 aromatic carbocycles. The highest BCUT2D eigenvalue weighted by Crippen LogP contribution is 2.16. The highest BCUT2D eigenvalue weighted by Gasteiger charge is 2.27. The molecule has 0 bridgehead atoms. The predicted molar refractivity (Wildman–Crippen MR) is 69.3 cm³/mol. The van der Waals surface area contributed by atoms with Gasteiger partial charge < -0.3 is 15.5 Å². The molecule has 0 aliphatic rings. The number of nitrogens with zero attached hydrogens (tertiary/aromatic N) is 2. The van der Waals surface area contributed by atoms with E-state index in [2.05, 4.69) is 25.4 Å². The number of aromatic nitrogens is 2. The van der Waals surface area contributed by atoms with E-state index < -0.39 is 12.8 Å². The summed E-state index contributed by atoms with van der Waals surface area (Å²) >= 11 is 0. The van der Waals surface area contributed by atoms with Crippen molar-refractivity contribution >= 4 is 11.6 Å². The second kappa shape index (κ2) is 7.25. The third kappa shape index (κ3) is 6.02. The fourth-order valence-corrected chi connectivity index (χ4v) is 1.33. The Morgan fingerprint density at radius 2 is 1.95 bits per heavy atom. The molecule has 1 aromatic heterocycles. The Morgan fingerprint density at radius 1 is 1.30 bits per heavy atom. The van der Waals surface area contributed by atoms with Crippen LogP contribution in [0.4, 0.5) is 24.8 Å². The van der Waals surface area contributed by atoms with Gasteiger partial charge in [0.05, 0.1) is 6.61 Å². The lowest BCUT2D eigenvalue weighted by Crippen LogP contribution is -2.20. The zero-order chi connectivity index (χ0) is 15.2. The molecule has 0 spiro atoms. The van der Waals surface area contributed by atoms with Crippen molar-refractivity contribution in [1.29, 1.82) is 0 Å². The smallest absolute Gasteiger partial charge is 0.370 e. The fourth-order valence-electron chi connectivity index (χ4n) is 1.33. The van der Waals surface area contributed by atoms with Crippen LogP contribution in [0.2, 0.25) is 0 Å². The van der Waals surface area contributed by atoms with Crippen LogP contribution in [0.3, 0.4) is 0 Å². The molecular weight excluding hydrogens is 275 g/mol. The summed E-state index contributed by atoms with van der Waals surface area (Å²) in [4.78, 5) is 8.39. The van der Waals surface area contributed by atoms with Gasteiger partial charge in [-0.2, -0.15) is 13.2 Å². The molecule has 0 unspecified atom stereocenters. The fraction of sp³-hybridized carbons (Fsp3) is 0.636. The molecule has 0 saturated carbocycles. The molecule has 0 radical (unpaired) electrons. The molecule has 0 aliphatic heterocycles. The SMILES string of the molecule is CC(C)c1nc(NN)cc(NCCOCC(F)(F)F)n1. The minimum atomic E-state index is -4.31. The Balaban J connectivity index is 2.49. The van der Waals surface area contributed by atoms with Crippen molar-refractivity contribution in [3.8, 4) is 0 Å². The van der Waals surface area contributed by atoms with Gasteiger partial charge in [0.1, 0.15) is 24.1 Å².